The van der Waals surface area contributed by atoms with E-state index >= 15 is 0 Å². The molecule has 0 unspecified atom stereocenters. The molecule has 0 saturated carbocycles. The van der Waals surface area contributed by atoms with Crippen LogP contribution < -0.4 is 4.90 Å². The average Bonchev–Trinajstić information content (AvgIpc) is 2.55. The summed E-state index contributed by atoms with van der Waals surface area (Å²) in [5.41, 5.74) is 1.05. The highest BCUT2D eigenvalue weighted by molar-refractivity contribution is 9.10. The van der Waals surface area contributed by atoms with Crippen molar-refractivity contribution in [1.82, 2.24) is 4.98 Å². The summed E-state index contributed by atoms with van der Waals surface area (Å²) < 4.78 is 6.56. The number of rotatable bonds is 1. The van der Waals surface area contributed by atoms with Crippen LogP contribution in [0.1, 0.15) is 0 Å². The molecule has 2 heterocycles. The molecule has 106 valence electrons. The number of fused-ring (bicyclic) bond motifs is 3. The third-order valence-corrected chi connectivity index (χ3v) is 4.45. The summed E-state index contributed by atoms with van der Waals surface area (Å²) in [6.07, 6.45) is 0. The molecular weight excluding hydrogens is 328 g/mol. The van der Waals surface area contributed by atoms with E-state index in [-0.39, 0.29) is 0 Å². The Morgan fingerprint density at radius 3 is 2.62 bits per heavy atom. The van der Waals surface area contributed by atoms with Crippen LogP contribution in [0.2, 0.25) is 0 Å². The Kier molecular flexibility index (Phi) is 3.28. The molecule has 1 aromatic heterocycles. The lowest BCUT2D eigenvalue weighted by Gasteiger charge is -2.29. The molecule has 3 aromatic rings. The second kappa shape index (κ2) is 5.28. The molecule has 0 aliphatic carbocycles. The quantitative estimate of drug-likeness (QED) is 0.625. The highest BCUT2D eigenvalue weighted by atomic mass is 79.9. The van der Waals surface area contributed by atoms with Gasteiger partial charge in [0.15, 0.2) is 0 Å². The van der Waals surface area contributed by atoms with Gasteiger partial charge >= 0.3 is 0 Å². The molecule has 2 aromatic carbocycles. The Balaban J connectivity index is 2.03. The molecule has 0 radical (unpaired) electrons. The second-order valence-electron chi connectivity index (χ2n) is 5.24. The molecule has 1 aliphatic heterocycles. The number of morpholine rings is 1. The van der Waals surface area contributed by atoms with Crippen LogP contribution in [0.4, 0.5) is 5.82 Å². The monoisotopic (exact) mass is 342 g/mol. The molecule has 1 saturated heterocycles. The van der Waals surface area contributed by atoms with Gasteiger partial charge in [-0.05, 0) is 29.7 Å². The van der Waals surface area contributed by atoms with Crippen LogP contribution >= 0.6 is 15.9 Å². The van der Waals surface area contributed by atoms with E-state index in [9.17, 15) is 0 Å². The normalized spacial score (nSPS) is 15.8. The number of hydrogen-bond donors (Lipinski definition) is 0. The number of ether oxygens (including phenoxy) is 1. The highest BCUT2D eigenvalue weighted by Gasteiger charge is 2.17. The predicted octanol–water partition coefficient (Wildman–Crippen LogP) is 3.99. The minimum atomic E-state index is 0.770. The van der Waals surface area contributed by atoms with Gasteiger partial charge < -0.3 is 9.64 Å². The first kappa shape index (κ1) is 13.0. The van der Waals surface area contributed by atoms with E-state index < -0.39 is 0 Å². The van der Waals surface area contributed by atoms with Crippen molar-refractivity contribution in [3.8, 4) is 0 Å². The van der Waals surface area contributed by atoms with Crippen molar-refractivity contribution in [2.45, 2.75) is 0 Å². The summed E-state index contributed by atoms with van der Waals surface area (Å²) in [6, 6.07) is 14.8. The molecule has 3 nitrogen and oxygen atoms in total. The number of anilines is 1. The number of benzene rings is 2. The zero-order valence-corrected chi connectivity index (χ0v) is 13.1. The maximum absolute atomic E-state index is 5.46. The van der Waals surface area contributed by atoms with Crippen LogP contribution in [0.15, 0.2) is 46.9 Å². The van der Waals surface area contributed by atoms with E-state index in [1.807, 2.05) is 6.07 Å². The third kappa shape index (κ3) is 2.28. The lowest BCUT2D eigenvalue weighted by molar-refractivity contribution is 0.122. The van der Waals surface area contributed by atoms with E-state index in [1.165, 1.54) is 16.2 Å². The molecular formula is C17H15BrN2O. The van der Waals surface area contributed by atoms with Gasteiger partial charge in [-0.25, -0.2) is 4.98 Å². The fraction of sp³-hybridized carbons (Fsp3) is 0.235. The van der Waals surface area contributed by atoms with Crippen molar-refractivity contribution in [3.05, 3.63) is 46.9 Å². The van der Waals surface area contributed by atoms with Crippen LogP contribution in [-0.2, 0) is 4.74 Å². The molecule has 1 fully saturated rings. The number of halogens is 1. The maximum atomic E-state index is 5.46. The van der Waals surface area contributed by atoms with Gasteiger partial charge in [-0.2, -0.15) is 0 Å². The molecule has 0 bridgehead atoms. The molecule has 21 heavy (non-hydrogen) atoms. The molecule has 0 spiro atoms. The van der Waals surface area contributed by atoms with Gasteiger partial charge in [-0.3, -0.25) is 0 Å². The van der Waals surface area contributed by atoms with E-state index in [2.05, 4.69) is 57.2 Å². The van der Waals surface area contributed by atoms with Crippen LogP contribution in [0.5, 0.6) is 0 Å². The molecule has 0 N–H and O–H groups in total. The summed E-state index contributed by atoms with van der Waals surface area (Å²) in [5.74, 6) is 1.07. The number of pyridine rings is 1. The van der Waals surface area contributed by atoms with Gasteiger partial charge in [0.25, 0.3) is 0 Å². The maximum Gasteiger partial charge on any atom is 0.137 e. The Morgan fingerprint density at radius 1 is 0.952 bits per heavy atom. The van der Waals surface area contributed by atoms with Crippen LogP contribution in [-0.4, -0.2) is 31.3 Å². The number of hydrogen-bond acceptors (Lipinski definition) is 3. The standard InChI is InChI=1S/C17H15BrN2O/c18-12-5-6-14-15(11-12)13-3-1-2-4-16(13)19-17(14)20-7-9-21-10-8-20/h1-6,11H,7-10H2. The van der Waals surface area contributed by atoms with E-state index in [0.29, 0.717) is 0 Å². The van der Waals surface area contributed by atoms with E-state index in [0.717, 1.165) is 42.1 Å². The first-order chi connectivity index (χ1) is 10.3. The minimum Gasteiger partial charge on any atom is -0.378 e. The molecule has 4 rings (SSSR count). The van der Waals surface area contributed by atoms with Gasteiger partial charge in [-0.15, -0.1) is 0 Å². The summed E-state index contributed by atoms with van der Waals surface area (Å²) in [6.45, 7) is 3.34. The molecule has 0 atom stereocenters. The fourth-order valence-electron chi connectivity index (χ4n) is 2.92. The Hall–Kier alpha value is -1.65. The van der Waals surface area contributed by atoms with Gasteiger partial charge in [0, 0.05) is 28.3 Å². The van der Waals surface area contributed by atoms with Crippen LogP contribution in [0.25, 0.3) is 21.7 Å². The third-order valence-electron chi connectivity index (χ3n) is 3.95. The van der Waals surface area contributed by atoms with E-state index in [1.54, 1.807) is 0 Å². The molecule has 4 heteroatoms. The van der Waals surface area contributed by atoms with Gasteiger partial charge in [0.05, 0.1) is 18.7 Å². The van der Waals surface area contributed by atoms with Gasteiger partial charge in [0.2, 0.25) is 0 Å². The molecule has 0 amide bonds. The molecule has 1 aliphatic rings. The smallest absolute Gasteiger partial charge is 0.137 e. The fourth-order valence-corrected chi connectivity index (χ4v) is 3.28. The van der Waals surface area contributed by atoms with Gasteiger partial charge in [-0.1, -0.05) is 34.1 Å². The predicted molar refractivity (Wildman–Crippen MR) is 90.0 cm³/mol. The van der Waals surface area contributed by atoms with Crippen LogP contribution in [0.3, 0.4) is 0 Å². The highest BCUT2D eigenvalue weighted by Crippen LogP contribution is 2.33. The van der Waals surface area contributed by atoms with Crippen molar-refractivity contribution in [2.75, 3.05) is 31.2 Å². The van der Waals surface area contributed by atoms with Crippen molar-refractivity contribution in [3.63, 3.8) is 0 Å². The summed E-state index contributed by atoms with van der Waals surface area (Å²) >= 11 is 3.58. The zero-order valence-electron chi connectivity index (χ0n) is 11.6. The lowest BCUT2D eigenvalue weighted by Crippen LogP contribution is -2.36. The summed E-state index contributed by atoms with van der Waals surface area (Å²) in [4.78, 5) is 7.24. The number of nitrogens with zero attached hydrogens (tertiary/aromatic N) is 2. The van der Waals surface area contributed by atoms with Crippen molar-refractivity contribution >= 4 is 43.4 Å². The Labute approximate surface area is 131 Å². The topological polar surface area (TPSA) is 25.4 Å². The SMILES string of the molecule is Brc1ccc2c(N3CCOCC3)nc3ccccc3c2c1. The zero-order chi connectivity index (χ0) is 14.2. The Morgan fingerprint density at radius 2 is 1.76 bits per heavy atom. The largest absolute Gasteiger partial charge is 0.378 e. The number of aromatic nitrogens is 1. The second-order valence-corrected chi connectivity index (χ2v) is 6.16. The summed E-state index contributed by atoms with van der Waals surface area (Å²) in [5, 5.41) is 3.65. The van der Waals surface area contributed by atoms with E-state index in [4.69, 9.17) is 9.72 Å². The first-order valence-electron chi connectivity index (χ1n) is 7.13. The Bertz CT molecular complexity index is 812. The van der Waals surface area contributed by atoms with Crippen molar-refractivity contribution in [1.29, 1.82) is 0 Å². The summed E-state index contributed by atoms with van der Waals surface area (Å²) in [7, 11) is 0. The first-order valence-corrected chi connectivity index (χ1v) is 7.93. The van der Waals surface area contributed by atoms with Crippen LogP contribution in [0, 0.1) is 0 Å². The lowest BCUT2D eigenvalue weighted by atomic mass is 10.1. The minimum absolute atomic E-state index is 0.770. The van der Waals surface area contributed by atoms with Crippen molar-refractivity contribution < 1.29 is 4.74 Å². The number of para-hydroxylation sites is 1. The van der Waals surface area contributed by atoms with Crippen molar-refractivity contribution in [2.24, 2.45) is 0 Å². The average molecular weight is 343 g/mol. The van der Waals surface area contributed by atoms with Gasteiger partial charge in [0.1, 0.15) is 5.82 Å².